The van der Waals surface area contributed by atoms with Gasteiger partial charge in [-0.25, -0.2) is 0 Å². The molecular weight excluding hydrogens is 224 g/mol. The van der Waals surface area contributed by atoms with E-state index in [-0.39, 0.29) is 12.0 Å². The average Bonchev–Trinajstić information content (AvgIpc) is 2.40. The van der Waals surface area contributed by atoms with Crippen molar-refractivity contribution in [3.63, 3.8) is 0 Å². The minimum Gasteiger partial charge on any atom is -0.467 e. The summed E-state index contributed by atoms with van der Waals surface area (Å²) in [5.41, 5.74) is 0. The third-order valence-corrected chi connectivity index (χ3v) is 2.01. The molecule has 7 heteroatoms. The lowest BCUT2D eigenvalue weighted by molar-refractivity contribution is 0.0410. The van der Waals surface area contributed by atoms with E-state index in [4.69, 9.17) is 14.2 Å². The zero-order valence-corrected chi connectivity index (χ0v) is 10.3. The summed E-state index contributed by atoms with van der Waals surface area (Å²) in [4.78, 5) is 11.1. The second-order valence-electron chi connectivity index (χ2n) is 3.34. The molecule has 7 nitrogen and oxygen atoms in total. The average molecular weight is 242 g/mol. The molecule has 0 amide bonds. The lowest BCUT2D eigenvalue weighted by atomic mass is 10.3. The van der Waals surface area contributed by atoms with Gasteiger partial charge in [0.2, 0.25) is 0 Å². The van der Waals surface area contributed by atoms with E-state index in [1.54, 1.807) is 0 Å². The van der Waals surface area contributed by atoms with Crippen LogP contribution >= 0.6 is 0 Å². The predicted molar refractivity (Wildman–Crippen MR) is 61.2 cm³/mol. The van der Waals surface area contributed by atoms with Crippen LogP contribution in [-0.2, 0) is 4.74 Å². The number of morpholine rings is 1. The topological polar surface area (TPSA) is 78.4 Å². The summed E-state index contributed by atoms with van der Waals surface area (Å²) >= 11 is 0. The molecule has 1 unspecified atom stereocenters. The van der Waals surface area contributed by atoms with Crippen LogP contribution in [0.5, 0.6) is 12.0 Å². The molecule has 96 valence electrons. The number of methoxy groups -OCH3 is 2. The molecule has 0 aromatic carbocycles. The minimum absolute atomic E-state index is 0.256. The predicted octanol–water partition coefficient (Wildman–Crippen LogP) is -0.116. The Morgan fingerprint density at radius 3 is 2.29 bits per heavy atom. The highest BCUT2D eigenvalue weighted by Gasteiger charge is 2.04. The first kappa shape index (κ1) is 13.6. The summed E-state index contributed by atoms with van der Waals surface area (Å²) in [7, 11) is 2.96. The highest BCUT2D eigenvalue weighted by atomic mass is 16.5. The zero-order valence-electron chi connectivity index (χ0n) is 10.3. The van der Waals surface area contributed by atoms with Crippen molar-refractivity contribution in [2.24, 2.45) is 0 Å². The van der Waals surface area contributed by atoms with Gasteiger partial charge in [0, 0.05) is 13.1 Å². The Morgan fingerprint density at radius 2 is 1.94 bits per heavy atom. The maximum Gasteiger partial charge on any atom is 0.322 e. The van der Waals surface area contributed by atoms with Crippen molar-refractivity contribution in [2.75, 3.05) is 33.9 Å². The Kier molecular flexibility index (Phi) is 6.19. The maximum absolute atomic E-state index is 5.22. The van der Waals surface area contributed by atoms with Gasteiger partial charge in [-0.1, -0.05) is 0 Å². The first-order valence-electron chi connectivity index (χ1n) is 5.35. The van der Waals surface area contributed by atoms with E-state index >= 15 is 0 Å². The standard InChI is InChI=1S/C5H7N3O2.C5H11NO/c1-9-4-6-3-7-5(8-4)10-2;1-5-4-6-2-3-7-5/h3H,1-2H3;5-6H,2-4H2,1H3. The van der Waals surface area contributed by atoms with Crippen LogP contribution in [0.15, 0.2) is 6.33 Å². The van der Waals surface area contributed by atoms with Crippen LogP contribution in [0.3, 0.4) is 0 Å². The number of ether oxygens (including phenoxy) is 3. The molecule has 0 radical (unpaired) electrons. The maximum atomic E-state index is 5.22. The molecule has 1 aliphatic heterocycles. The normalized spacial score (nSPS) is 18.9. The van der Waals surface area contributed by atoms with Gasteiger partial charge >= 0.3 is 12.0 Å². The molecule has 1 saturated heterocycles. The van der Waals surface area contributed by atoms with Crippen molar-refractivity contribution in [3.05, 3.63) is 6.33 Å². The molecule has 1 aromatic heterocycles. The van der Waals surface area contributed by atoms with Crippen LogP contribution in [0.2, 0.25) is 0 Å². The van der Waals surface area contributed by atoms with Crippen LogP contribution < -0.4 is 14.8 Å². The van der Waals surface area contributed by atoms with E-state index < -0.39 is 0 Å². The van der Waals surface area contributed by atoms with Gasteiger partial charge in [-0.05, 0) is 6.92 Å². The Bertz CT molecular complexity index is 299. The highest BCUT2D eigenvalue weighted by molar-refractivity contribution is 4.98. The number of nitrogens with zero attached hydrogens (tertiary/aromatic N) is 3. The molecular formula is C10H18N4O3. The number of nitrogens with one attached hydrogen (secondary N) is 1. The van der Waals surface area contributed by atoms with Gasteiger partial charge in [-0.15, -0.1) is 4.98 Å². The first-order valence-corrected chi connectivity index (χ1v) is 5.35. The van der Waals surface area contributed by atoms with Gasteiger partial charge in [0.05, 0.1) is 26.9 Å². The van der Waals surface area contributed by atoms with E-state index in [2.05, 4.69) is 27.2 Å². The Labute approximate surface area is 101 Å². The van der Waals surface area contributed by atoms with Gasteiger partial charge in [0.25, 0.3) is 0 Å². The van der Waals surface area contributed by atoms with Crippen LogP contribution in [0.1, 0.15) is 6.92 Å². The Balaban J connectivity index is 0.000000181. The quantitative estimate of drug-likeness (QED) is 0.774. The van der Waals surface area contributed by atoms with Gasteiger partial charge < -0.3 is 19.5 Å². The number of hydrogen-bond donors (Lipinski definition) is 1. The summed E-state index contributed by atoms with van der Waals surface area (Å²) in [5.74, 6) is 0. The molecule has 0 saturated carbocycles. The summed E-state index contributed by atoms with van der Waals surface area (Å²) in [5, 5.41) is 3.21. The van der Waals surface area contributed by atoms with Crippen molar-refractivity contribution < 1.29 is 14.2 Å². The van der Waals surface area contributed by atoms with Crippen molar-refractivity contribution in [3.8, 4) is 12.0 Å². The van der Waals surface area contributed by atoms with Gasteiger partial charge in [0.15, 0.2) is 0 Å². The van der Waals surface area contributed by atoms with E-state index in [0.717, 1.165) is 19.7 Å². The van der Waals surface area contributed by atoms with E-state index in [1.165, 1.54) is 20.5 Å². The van der Waals surface area contributed by atoms with Crippen LogP contribution in [-0.4, -0.2) is 55.0 Å². The van der Waals surface area contributed by atoms with Gasteiger partial charge in [0.1, 0.15) is 6.33 Å². The second kappa shape index (κ2) is 7.75. The Hall–Kier alpha value is -1.47. The molecule has 0 aliphatic carbocycles. The Morgan fingerprint density at radius 1 is 1.29 bits per heavy atom. The lowest BCUT2D eigenvalue weighted by Crippen LogP contribution is -2.36. The first-order chi connectivity index (χ1) is 8.26. The van der Waals surface area contributed by atoms with Crippen molar-refractivity contribution in [1.82, 2.24) is 20.3 Å². The molecule has 0 bridgehead atoms. The molecule has 1 atom stereocenters. The fourth-order valence-corrected chi connectivity index (χ4v) is 1.16. The second-order valence-corrected chi connectivity index (χ2v) is 3.34. The van der Waals surface area contributed by atoms with E-state index in [0.29, 0.717) is 6.10 Å². The lowest BCUT2D eigenvalue weighted by Gasteiger charge is -2.18. The fraction of sp³-hybridized carbons (Fsp3) is 0.700. The molecule has 1 aliphatic rings. The molecule has 1 fully saturated rings. The smallest absolute Gasteiger partial charge is 0.322 e. The summed E-state index contributed by atoms with van der Waals surface area (Å²) in [6, 6.07) is 0.513. The van der Waals surface area contributed by atoms with Crippen LogP contribution in [0, 0.1) is 0 Å². The van der Waals surface area contributed by atoms with Crippen molar-refractivity contribution in [1.29, 1.82) is 0 Å². The van der Waals surface area contributed by atoms with Crippen molar-refractivity contribution >= 4 is 0 Å². The molecule has 2 rings (SSSR count). The molecule has 1 N–H and O–H groups in total. The van der Waals surface area contributed by atoms with Crippen molar-refractivity contribution in [2.45, 2.75) is 13.0 Å². The summed E-state index contributed by atoms with van der Waals surface area (Å²) in [6.45, 7) is 4.98. The van der Waals surface area contributed by atoms with E-state index in [1.807, 2.05) is 0 Å². The molecule has 2 heterocycles. The molecule has 0 spiro atoms. The SMILES string of the molecule is CC1CNCCO1.COc1ncnc(OC)n1. The minimum atomic E-state index is 0.256. The van der Waals surface area contributed by atoms with Crippen LogP contribution in [0.25, 0.3) is 0 Å². The van der Waals surface area contributed by atoms with Crippen LogP contribution in [0.4, 0.5) is 0 Å². The zero-order chi connectivity index (χ0) is 12.5. The fourth-order valence-electron chi connectivity index (χ4n) is 1.16. The van der Waals surface area contributed by atoms with Gasteiger partial charge in [-0.3, -0.25) is 0 Å². The third kappa shape index (κ3) is 5.41. The summed E-state index contributed by atoms with van der Waals surface area (Å²) in [6.07, 6.45) is 1.75. The largest absolute Gasteiger partial charge is 0.467 e. The monoisotopic (exact) mass is 242 g/mol. The summed E-state index contributed by atoms with van der Waals surface area (Å²) < 4.78 is 14.6. The number of hydrogen-bond acceptors (Lipinski definition) is 7. The number of rotatable bonds is 2. The van der Waals surface area contributed by atoms with E-state index in [9.17, 15) is 0 Å². The van der Waals surface area contributed by atoms with Gasteiger partial charge in [-0.2, -0.15) is 9.97 Å². The molecule has 17 heavy (non-hydrogen) atoms. The molecule has 1 aromatic rings. The number of aromatic nitrogens is 3. The third-order valence-electron chi connectivity index (χ3n) is 2.01. The highest BCUT2D eigenvalue weighted by Crippen LogP contribution is 2.03.